The van der Waals surface area contributed by atoms with Crippen molar-refractivity contribution in [3.05, 3.63) is 35.4 Å². The van der Waals surface area contributed by atoms with Gasteiger partial charge in [-0.2, -0.15) is 5.10 Å². The monoisotopic (exact) mass is 329 g/mol. The second kappa shape index (κ2) is 7.30. The molecule has 0 aliphatic carbocycles. The summed E-state index contributed by atoms with van der Waals surface area (Å²) >= 11 is 0. The second-order valence-corrected chi connectivity index (χ2v) is 6.55. The van der Waals surface area contributed by atoms with Crippen LogP contribution < -0.4 is 4.90 Å². The van der Waals surface area contributed by atoms with Gasteiger partial charge in [-0.05, 0) is 38.2 Å². The average Bonchev–Trinajstić information content (AvgIpc) is 3.23. The third kappa shape index (κ3) is 3.59. The zero-order valence-corrected chi connectivity index (χ0v) is 14.8. The predicted octanol–water partition coefficient (Wildman–Crippen LogP) is 2.43. The van der Waals surface area contributed by atoms with Crippen LogP contribution in [0.25, 0.3) is 0 Å². The summed E-state index contributed by atoms with van der Waals surface area (Å²) < 4.78 is 1.73. The van der Waals surface area contributed by atoms with Crippen molar-refractivity contribution in [3.63, 3.8) is 0 Å². The van der Waals surface area contributed by atoms with Crippen molar-refractivity contribution in [1.82, 2.24) is 19.7 Å². The second-order valence-electron chi connectivity index (χ2n) is 6.55. The van der Waals surface area contributed by atoms with Crippen LogP contribution in [0.15, 0.2) is 18.5 Å². The van der Waals surface area contributed by atoms with E-state index < -0.39 is 6.10 Å². The largest absolute Gasteiger partial charge is 0.388 e. The van der Waals surface area contributed by atoms with Gasteiger partial charge in [-0.25, -0.2) is 9.97 Å². The van der Waals surface area contributed by atoms with E-state index in [2.05, 4.69) is 29.9 Å². The Morgan fingerprint density at radius 2 is 1.96 bits per heavy atom. The Labute approximate surface area is 143 Å². The number of hydrogen-bond acceptors (Lipinski definition) is 5. The van der Waals surface area contributed by atoms with E-state index in [1.165, 1.54) is 0 Å². The first-order chi connectivity index (χ1) is 11.6. The number of aromatic nitrogens is 4. The van der Waals surface area contributed by atoms with E-state index in [9.17, 15) is 5.11 Å². The predicted molar refractivity (Wildman–Crippen MR) is 93.9 cm³/mol. The summed E-state index contributed by atoms with van der Waals surface area (Å²) in [5, 5.41) is 14.7. The Hall–Kier alpha value is -1.95. The number of hydrogen-bond donors (Lipinski definition) is 1. The Bertz CT molecular complexity index is 662. The summed E-state index contributed by atoms with van der Waals surface area (Å²) in [6.45, 7) is 5.21. The van der Waals surface area contributed by atoms with Crippen LogP contribution in [-0.2, 0) is 19.9 Å². The fourth-order valence-electron chi connectivity index (χ4n) is 3.38. The molecule has 0 radical (unpaired) electrons. The molecule has 3 heterocycles. The van der Waals surface area contributed by atoms with E-state index in [0.29, 0.717) is 6.42 Å². The smallest absolute Gasteiger partial charge is 0.226 e. The molecule has 2 unspecified atom stereocenters. The number of aliphatic hydroxyl groups is 1. The Kier molecular flexibility index (Phi) is 5.14. The summed E-state index contributed by atoms with van der Waals surface area (Å²) in [5.41, 5.74) is 3.06. The van der Waals surface area contributed by atoms with Crippen molar-refractivity contribution in [2.24, 2.45) is 7.05 Å². The van der Waals surface area contributed by atoms with Crippen LogP contribution in [0.2, 0.25) is 0 Å². The average molecular weight is 329 g/mol. The van der Waals surface area contributed by atoms with Crippen LogP contribution in [-0.4, -0.2) is 37.4 Å². The van der Waals surface area contributed by atoms with Crippen LogP contribution in [0.3, 0.4) is 0 Å². The van der Waals surface area contributed by atoms with Crippen molar-refractivity contribution in [2.75, 3.05) is 11.4 Å². The van der Waals surface area contributed by atoms with Crippen molar-refractivity contribution in [3.8, 4) is 0 Å². The topological polar surface area (TPSA) is 67.1 Å². The lowest BCUT2D eigenvalue weighted by Crippen LogP contribution is -2.32. The Morgan fingerprint density at radius 3 is 2.54 bits per heavy atom. The van der Waals surface area contributed by atoms with E-state index in [1.54, 1.807) is 10.9 Å². The summed E-state index contributed by atoms with van der Waals surface area (Å²) in [7, 11) is 1.87. The van der Waals surface area contributed by atoms with Crippen LogP contribution in [0.1, 0.15) is 56.2 Å². The quantitative estimate of drug-likeness (QED) is 0.881. The molecular formula is C18H27N5O. The van der Waals surface area contributed by atoms with Crippen molar-refractivity contribution < 1.29 is 5.11 Å². The molecule has 0 spiro atoms. The zero-order chi connectivity index (χ0) is 17.1. The standard InChI is InChI=1S/C18H27N5O/c1-4-14-9-15(5-2)21-18(20-14)23-8-6-7-16(23)10-17(24)13-11-19-22(3)12-13/h9,11-12,16-17,24H,4-8,10H2,1-3H3. The van der Waals surface area contributed by atoms with Gasteiger partial charge in [0, 0.05) is 42.8 Å². The molecule has 130 valence electrons. The minimum absolute atomic E-state index is 0.275. The summed E-state index contributed by atoms with van der Waals surface area (Å²) in [6.07, 6.45) is 7.83. The van der Waals surface area contributed by atoms with Gasteiger partial charge in [0.25, 0.3) is 0 Å². The van der Waals surface area contributed by atoms with Crippen LogP contribution >= 0.6 is 0 Å². The zero-order valence-electron chi connectivity index (χ0n) is 14.8. The lowest BCUT2D eigenvalue weighted by Gasteiger charge is -2.27. The van der Waals surface area contributed by atoms with Crippen LogP contribution in [0.4, 0.5) is 5.95 Å². The Morgan fingerprint density at radius 1 is 1.25 bits per heavy atom. The third-order valence-electron chi connectivity index (χ3n) is 4.78. The highest BCUT2D eigenvalue weighted by atomic mass is 16.3. The maximum atomic E-state index is 10.5. The number of anilines is 1. The molecule has 0 amide bonds. The first-order valence-electron chi connectivity index (χ1n) is 8.90. The SMILES string of the molecule is CCc1cc(CC)nc(N2CCCC2CC(O)c2cnn(C)c2)n1. The van der Waals surface area contributed by atoms with E-state index in [4.69, 9.17) is 9.97 Å². The van der Waals surface area contributed by atoms with Crippen molar-refractivity contribution >= 4 is 5.95 Å². The Balaban J connectivity index is 1.78. The van der Waals surface area contributed by atoms with Gasteiger partial charge in [0.2, 0.25) is 5.95 Å². The molecule has 1 aliphatic rings. The maximum absolute atomic E-state index is 10.5. The minimum atomic E-state index is -0.496. The van der Waals surface area contributed by atoms with Gasteiger partial charge in [0.05, 0.1) is 12.3 Å². The molecule has 0 saturated carbocycles. The normalized spacial score (nSPS) is 19.0. The van der Waals surface area contributed by atoms with Gasteiger partial charge < -0.3 is 10.0 Å². The maximum Gasteiger partial charge on any atom is 0.226 e. The van der Waals surface area contributed by atoms with Gasteiger partial charge in [-0.1, -0.05) is 13.8 Å². The molecule has 2 aromatic rings. The molecule has 2 aromatic heterocycles. The van der Waals surface area contributed by atoms with Gasteiger partial charge in [0.15, 0.2) is 0 Å². The molecular weight excluding hydrogens is 302 g/mol. The van der Waals surface area contributed by atoms with Crippen molar-refractivity contribution in [1.29, 1.82) is 0 Å². The van der Waals surface area contributed by atoms with E-state index in [1.807, 2.05) is 13.2 Å². The highest BCUT2D eigenvalue weighted by Gasteiger charge is 2.29. The van der Waals surface area contributed by atoms with Gasteiger partial charge in [-0.3, -0.25) is 4.68 Å². The van der Waals surface area contributed by atoms with Gasteiger partial charge in [0.1, 0.15) is 0 Å². The third-order valence-corrected chi connectivity index (χ3v) is 4.78. The number of aryl methyl sites for hydroxylation is 3. The summed E-state index contributed by atoms with van der Waals surface area (Å²) in [4.78, 5) is 11.7. The highest BCUT2D eigenvalue weighted by Crippen LogP contribution is 2.30. The number of aliphatic hydroxyl groups excluding tert-OH is 1. The lowest BCUT2D eigenvalue weighted by atomic mass is 10.0. The molecule has 6 nitrogen and oxygen atoms in total. The van der Waals surface area contributed by atoms with Gasteiger partial charge in [-0.15, -0.1) is 0 Å². The van der Waals surface area contributed by atoms with Crippen LogP contribution in [0.5, 0.6) is 0 Å². The molecule has 3 rings (SSSR count). The molecule has 24 heavy (non-hydrogen) atoms. The molecule has 2 atom stereocenters. The molecule has 0 bridgehead atoms. The lowest BCUT2D eigenvalue weighted by molar-refractivity contribution is 0.158. The summed E-state index contributed by atoms with van der Waals surface area (Å²) in [6, 6.07) is 2.37. The van der Waals surface area contributed by atoms with E-state index in [0.717, 1.165) is 55.1 Å². The highest BCUT2D eigenvalue weighted by molar-refractivity contribution is 5.36. The number of rotatable bonds is 6. The van der Waals surface area contributed by atoms with E-state index in [-0.39, 0.29) is 6.04 Å². The first-order valence-corrected chi connectivity index (χ1v) is 8.90. The van der Waals surface area contributed by atoms with E-state index >= 15 is 0 Å². The first kappa shape index (κ1) is 16.9. The molecule has 0 aromatic carbocycles. The molecule has 1 fully saturated rings. The van der Waals surface area contributed by atoms with Gasteiger partial charge >= 0.3 is 0 Å². The van der Waals surface area contributed by atoms with Crippen LogP contribution in [0, 0.1) is 0 Å². The summed E-state index contributed by atoms with van der Waals surface area (Å²) in [5.74, 6) is 0.826. The van der Waals surface area contributed by atoms with Crippen molar-refractivity contribution in [2.45, 2.75) is 58.1 Å². The molecule has 1 aliphatic heterocycles. The number of nitrogens with zero attached hydrogens (tertiary/aromatic N) is 5. The fourth-order valence-corrected chi connectivity index (χ4v) is 3.38. The minimum Gasteiger partial charge on any atom is -0.388 e. The molecule has 1 N–H and O–H groups in total. The molecule has 1 saturated heterocycles. The fraction of sp³-hybridized carbons (Fsp3) is 0.611. The molecule has 6 heteroatoms.